The van der Waals surface area contributed by atoms with Gasteiger partial charge in [0.15, 0.2) is 17.8 Å². The van der Waals surface area contributed by atoms with Gasteiger partial charge in [-0.3, -0.25) is 5.01 Å². The van der Waals surface area contributed by atoms with E-state index in [1.165, 1.54) is 5.01 Å². The predicted octanol–water partition coefficient (Wildman–Crippen LogP) is 7.46. The van der Waals surface area contributed by atoms with E-state index in [2.05, 4.69) is 95.6 Å². The van der Waals surface area contributed by atoms with Crippen LogP contribution in [0.5, 0.6) is 17.2 Å². The molecule has 0 aliphatic carbocycles. The molecule has 0 bridgehead atoms. The second-order valence-electron chi connectivity index (χ2n) is 7.08. The Kier molecular flexibility index (Phi) is 7.83. The zero-order chi connectivity index (χ0) is 24.9. The predicted molar refractivity (Wildman–Crippen MR) is 152 cm³/mol. The number of nitrogens with zero attached hydrogens (tertiary/aromatic N) is 3. The van der Waals surface area contributed by atoms with Crippen molar-refractivity contribution in [3.05, 3.63) is 79.9 Å². The smallest absolute Gasteiger partial charge is 0.164 e. The highest BCUT2D eigenvalue weighted by Crippen LogP contribution is 2.40. The third kappa shape index (κ3) is 4.97. The first-order valence-corrected chi connectivity index (χ1v) is 14.0. The van der Waals surface area contributed by atoms with Gasteiger partial charge in [-0.1, -0.05) is 0 Å². The van der Waals surface area contributed by atoms with Crippen LogP contribution in [0.4, 0.5) is 0 Å². The van der Waals surface area contributed by atoms with E-state index in [0.717, 1.165) is 0 Å². The maximum Gasteiger partial charge on any atom is 0.164 e. The number of aliphatic imine (C=N–C) groups is 2. The Labute approximate surface area is 244 Å². The molecular weight excluding hydrogens is 836 g/mol. The molecule has 0 spiro atoms. The van der Waals surface area contributed by atoms with Crippen LogP contribution < -0.4 is 5.84 Å². The highest BCUT2D eigenvalue weighted by molar-refractivity contribution is 9.11. The number of hydrogen-bond donors (Lipinski definition) is 4. The molecule has 3 aromatic rings. The van der Waals surface area contributed by atoms with Gasteiger partial charge in [0.2, 0.25) is 0 Å². The molecule has 1 heterocycles. The summed E-state index contributed by atoms with van der Waals surface area (Å²) in [4.78, 5) is 9.49. The first-order chi connectivity index (χ1) is 16.0. The van der Waals surface area contributed by atoms with Crippen molar-refractivity contribution >= 4 is 107 Å². The molecule has 0 aromatic heterocycles. The fourth-order valence-electron chi connectivity index (χ4n) is 3.19. The van der Waals surface area contributed by atoms with Gasteiger partial charge in [-0.25, -0.2) is 15.8 Å². The van der Waals surface area contributed by atoms with Gasteiger partial charge < -0.3 is 15.3 Å². The molecule has 3 aromatic carbocycles. The van der Waals surface area contributed by atoms with Gasteiger partial charge in [-0.05, 0) is 132 Å². The van der Waals surface area contributed by atoms with Crippen molar-refractivity contribution in [2.75, 3.05) is 0 Å². The summed E-state index contributed by atoms with van der Waals surface area (Å²) in [6.45, 7) is 0. The molecule has 0 amide bonds. The average Bonchev–Trinajstić information content (AvgIpc) is 2.78. The van der Waals surface area contributed by atoms with Gasteiger partial charge in [0, 0.05) is 16.7 Å². The highest BCUT2D eigenvalue weighted by atomic mass is 79.9. The van der Waals surface area contributed by atoms with Crippen LogP contribution in [0.1, 0.15) is 22.9 Å². The van der Waals surface area contributed by atoms with Crippen LogP contribution in [0.3, 0.4) is 0 Å². The maximum absolute atomic E-state index is 10.2. The minimum Gasteiger partial charge on any atom is -0.506 e. The quantitative estimate of drug-likeness (QED) is 0.205. The zero-order valence-electron chi connectivity index (χ0n) is 16.6. The lowest BCUT2D eigenvalue weighted by Crippen LogP contribution is -2.43. The first-order valence-electron chi connectivity index (χ1n) is 9.23. The Morgan fingerprint density at radius 3 is 1.47 bits per heavy atom. The second kappa shape index (κ2) is 10.2. The average molecular weight is 848 g/mol. The summed E-state index contributed by atoms with van der Waals surface area (Å²) in [5.74, 6) is 7.45. The van der Waals surface area contributed by atoms with E-state index in [-0.39, 0.29) is 17.2 Å². The molecule has 1 atom stereocenters. The number of benzene rings is 3. The molecule has 5 N–H and O–H groups in total. The first kappa shape index (κ1) is 26.1. The van der Waals surface area contributed by atoms with Crippen molar-refractivity contribution in [1.29, 1.82) is 0 Å². The summed E-state index contributed by atoms with van der Waals surface area (Å²) < 4.78 is 2.78. The largest absolute Gasteiger partial charge is 0.506 e. The number of phenols is 3. The number of hydrazine groups is 1. The van der Waals surface area contributed by atoms with E-state index < -0.39 is 6.17 Å². The van der Waals surface area contributed by atoms with Crippen LogP contribution >= 0.6 is 95.6 Å². The van der Waals surface area contributed by atoms with Crippen LogP contribution in [0.15, 0.2) is 73.2 Å². The van der Waals surface area contributed by atoms with Gasteiger partial charge in [-0.2, -0.15) is 0 Å². The van der Waals surface area contributed by atoms with E-state index in [1.807, 2.05) is 0 Å². The molecule has 13 heteroatoms. The molecule has 0 fully saturated rings. The second-order valence-corrected chi connectivity index (χ2v) is 12.2. The molecule has 0 radical (unpaired) electrons. The van der Waals surface area contributed by atoms with E-state index in [9.17, 15) is 15.3 Å². The number of phenolic OH excluding ortho intramolecular Hbond substituents is 3. The fraction of sp³-hybridized carbons (Fsp3) is 0.0476. The van der Waals surface area contributed by atoms with E-state index in [4.69, 9.17) is 15.8 Å². The van der Waals surface area contributed by atoms with Crippen molar-refractivity contribution in [3.63, 3.8) is 0 Å². The molecule has 34 heavy (non-hydrogen) atoms. The number of hydrogen-bond acceptors (Lipinski definition) is 7. The zero-order valence-corrected chi connectivity index (χ0v) is 26.1. The van der Waals surface area contributed by atoms with E-state index in [0.29, 0.717) is 55.2 Å². The van der Waals surface area contributed by atoms with Crippen molar-refractivity contribution in [1.82, 2.24) is 5.01 Å². The molecule has 7 nitrogen and oxygen atoms in total. The summed E-state index contributed by atoms with van der Waals surface area (Å²) >= 11 is 20.1. The van der Waals surface area contributed by atoms with Crippen LogP contribution in [0.25, 0.3) is 0 Å². The topological polar surface area (TPSA) is 115 Å². The molecule has 1 aliphatic heterocycles. The lowest BCUT2D eigenvalue weighted by Gasteiger charge is -2.32. The van der Waals surface area contributed by atoms with Crippen LogP contribution in [-0.4, -0.2) is 32.0 Å². The van der Waals surface area contributed by atoms with Gasteiger partial charge >= 0.3 is 0 Å². The number of halogens is 6. The Balaban J connectivity index is 1.94. The Hall–Kier alpha value is -0.960. The summed E-state index contributed by atoms with van der Waals surface area (Å²) in [5.41, 5.74) is 1.92. The molecular formula is C21H12Br6N4O3. The molecule has 0 saturated heterocycles. The van der Waals surface area contributed by atoms with Gasteiger partial charge in [-0.15, -0.1) is 0 Å². The summed E-state index contributed by atoms with van der Waals surface area (Å²) in [6.07, 6.45) is -0.714. The summed E-state index contributed by atoms with van der Waals surface area (Å²) in [5, 5.41) is 31.9. The molecule has 4 rings (SSSR count). The SMILES string of the molecule is NN1C(c2cc(Br)c(O)c(Br)c2)=NC(c2cc(Br)c(O)c(Br)c2)=NC1c1cc(Br)c(O)c(Br)c1. The molecule has 1 aliphatic rings. The van der Waals surface area contributed by atoms with Crippen molar-refractivity contribution in [3.8, 4) is 17.2 Å². The van der Waals surface area contributed by atoms with Crippen LogP contribution in [0, 0.1) is 0 Å². The molecule has 0 saturated carbocycles. The van der Waals surface area contributed by atoms with Crippen molar-refractivity contribution < 1.29 is 15.3 Å². The standard InChI is InChI=1S/C21H12Br6N4O3/c22-10-1-7(2-11(23)16(10)32)19-29-20(8-3-12(24)17(33)13(25)4-8)31(28)21(30-19)9-5-14(26)18(34)15(27)6-9/h1-6,20,32-34H,28H2. The third-order valence-corrected chi connectivity index (χ3v) is 8.48. The normalized spacial score (nSPS) is 15.9. The van der Waals surface area contributed by atoms with Gasteiger partial charge in [0.05, 0.1) is 26.8 Å². The lowest BCUT2D eigenvalue weighted by molar-refractivity contribution is 0.332. The molecule has 176 valence electrons. The van der Waals surface area contributed by atoms with Gasteiger partial charge in [0.1, 0.15) is 17.2 Å². The number of nitrogens with two attached hydrogens (primary N) is 1. The van der Waals surface area contributed by atoms with Gasteiger partial charge in [0.25, 0.3) is 0 Å². The number of amidine groups is 2. The monoisotopic (exact) mass is 842 g/mol. The number of aromatic hydroxyl groups is 3. The van der Waals surface area contributed by atoms with Crippen molar-refractivity contribution in [2.24, 2.45) is 15.8 Å². The Bertz CT molecular complexity index is 1330. The minimum atomic E-state index is -0.714. The van der Waals surface area contributed by atoms with Crippen molar-refractivity contribution in [2.45, 2.75) is 6.17 Å². The summed E-state index contributed by atoms with van der Waals surface area (Å²) in [6, 6.07) is 10.2. The third-order valence-electron chi connectivity index (χ3n) is 4.85. The van der Waals surface area contributed by atoms with E-state index in [1.54, 1.807) is 36.4 Å². The van der Waals surface area contributed by atoms with Crippen LogP contribution in [0.2, 0.25) is 0 Å². The molecule has 1 unspecified atom stereocenters. The Morgan fingerprint density at radius 1 is 0.647 bits per heavy atom. The minimum absolute atomic E-state index is 0.0481. The Morgan fingerprint density at radius 2 is 1.03 bits per heavy atom. The fourth-order valence-corrected chi connectivity index (χ4v) is 6.79. The summed E-state index contributed by atoms with van der Waals surface area (Å²) in [7, 11) is 0. The maximum atomic E-state index is 10.2. The van der Waals surface area contributed by atoms with Crippen LogP contribution in [-0.2, 0) is 0 Å². The number of rotatable bonds is 3. The van der Waals surface area contributed by atoms with E-state index >= 15 is 0 Å². The highest BCUT2D eigenvalue weighted by Gasteiger charge is 2.29. The lowest BCUT2D eigenvalue weighted by atomic mass is 10.1.